The van der Waals surface area contributed by atoms with E-state index in [1.807, 2.05) is 50.2 Å². The van der Waals surface area contributed by atoms with E-state index >= 15 is 0 Å². The summed E-state index contributed by atoms with van der Waals surface area (Å²) in [6.07, 6.45) is 0. The molecule has 0 unspecified atom stereocenters. The molecule has 0 aliphatic carbocycles. The summed E-state index contributed by atoms with van der Waals surface area (Å²) in [5.74, 6) is 0. The smallest absolute Gasteiger partial charge is 0.102 e. The first kappa shape index (κ1) is 11.2. The summed E-state index contributed by atoms with van der Waals surface area (Å²) in [6.45, 7) is 4.04. The monoisotopic (exact) mass is 222 g/mol. The summed E-state index contributed by atoms with van der Waals surface area (Å²) in [7, 11) is 0. The normalized spacial score (nSPS) is 9.94. The van der Waals surface area contributed by atoms with Crippen molar-refractivity contribution in [2.24, 2.45) is 0 Å². The Balaban J connectivity index is 2.81. The number of anilines is 1. The van der Waals surface area contributed by atoms with Crippen LogP contribution in [0.1, 0.15) is 16.7 Å². The van der Waals surface area contributed by atoms with E-state index in [9.17, 15) is 5.26 Å². The molecular formula is C15H14N2. The molecule has 0 aliphatic rings. The number of nitrogens with two attached hydrogens (primary N) is 1. The van der Waals surface area contributed by atoms with Gasteiger partial charge in [0.05, 0.1) is 11.3 Å². The number of nitrogen functional groups attached to an aromatic ring is 1. The third kappa shape index (κ3) is 1.88. The Morgan fingerprint density at radius 1 is 1.12 bits per heavy atom. The van der Waals surface area contributed by atoms with Crippen LogP contribution in [0.25, 0.3) is 11.1 Å². The van der Waals surface area contributed by atoms with Gasteiger partial charge in [0, 0.05) is 5.56 Å². The molecule has 0 saturated heterocycles. The quantitative estimate of drug-likeness (QED) is 0.751. The van der Waals surface area contributed by atoms with Gasteiger partial charge >= 0.3 is 0 Å². The SMILES string of the molecule is Cc1cc(N)c(C#N)c(-c2ccccc2)c1C. The Morgan fingerprint density at radius 3 is 2.35 bits per heavy atom. The fourth-order valence-corrected chi connectivity index (χ4v) is 2.03. The molecule has 17 heavy (non-hydrogen) atoms. The summed E-state index contributed by atoms with van der Waals surface area (Å²) in [5.41, 5.74) is 11.2. The van der Waals surface area contributed by atoms with E-state index in [1.165, 1.54) is 0 Å². The maximum atomic E-state index is 9.25. The molecule has 0 bridgehead atoms. The summed E-state index contributed by atoms with van der Waals surface area (Å²) in [6, 6.07) is 14.0. The van der Waals surface area contributed by atoms with Crippen LogP contribution in [0.5, 0.6) is 0 Å². The molecule has 0 aromatic heterocycles. The van der Waals surface area contributed by atoms with Crippen molar-refractivity contribution < 1.29 is 0 Å². The Labute approximate surface area is 101 Å². The maximum Gasteiger partial charge on any atom is 0.102 e. The van der Waals surface area contributed by atoms with Gasteiger partial charge in [0.1, 0.15) is 6.07 Å². The molecule has 0 amide bonds. The molecule has 2 aromatic carbocycles. The number of hydrogen-bond donors (Lipinski definition) is 1. The van der Waals surface area contributed by atoms with Crippen molar-refractivity contribution in [3.63, 3.8) is 0 Å². The van der Waals surface area contributed by atoms with Gasteiger partial charge in [-0.25, -0.2) is 0 Å². The van der Waals surface area contributed by atoms with Gasteiger partial charge in [-0.1, -0.05) is 30.3 Å². The fraction of sp³-hybridized carbons (Fsp3) is 0.133. The maximum absolute atomic E-state index is 9.25. The predicted octanol–water partition coefficient (Wildman–Crippen LogP) is 3.42. The van der Waals surface area contributed by atoms with E-state index < -0.39 is 0 Å². The van der Waals surface area contributed by atoms with Crippen LogP contribution >= 0.6 is 0 Å². The van der Waals surface area contributed by atoms with Crippen LogP contribution in [0, 0.1) is 25.2 Å². The molecule has 0 heterocycles. The van der Waals surface area contributed by atoms with Gasteiger partial charge in [0.15, 0.2) is 0 Å². The first-order chi connectivity index (χ1) is 8.15. The molecule has 0 atom stereocenters. The lowest BCUT2D eigenvalue weighted by Crippen LogP contribution is -1.98. The van der Waals surface area contributed by atoms with Crippen molar-refractivity contribution in [2.75, 3.05) is 5.73 Å². The van der Waals surface area contributed by atoms with Crippen molar-refractivity contribution in [1.82, 2.24) is 0 Å². The van der Waals surface area contributed by atoms with Crippen molar-refractivity contribution in [2.45, 2.75) is 13.8 Å². The summed E-state index contributed by atoms with van der Waals surface area (Å²) in [4.78, 5) is 0. The molecular weight excluding hydrogens is 208 g/mol. The van der Waals surface area contributed by atoms with Crippen LogP contribution in [0.3, 0.4) is 0 Å². The van der Waals surface area contributed by atoms with E-state index in [4.69, 9.17) is 5.73 Å². The zero-order valence-electron chi connectivity index (χ0n) is 9.99. The number of nitriles is 1. The largest absolute Gasteiger partial charge is 0.398 e. The van der Waals surface area contributed by atoms with E-state index in [0.717, 1.165) is 22.3 Å². The van der Waals surface area contributed by atoms with Gasteiger partial charge in [0.25, 0.3) is 0 Å². The average molecular weight is 222 g/mol. The van der Waals surface area contributed by atoms with Crippen molar-refractivity contribution in [3.05, 3.63) is 53.1 Å². The summed E-state index contributed by atoms with van der Waals surface area (Å²) >= 11 is 0. The van der Waals surface area contributed by atoms with Crippen molar-refractivity contribution in [3.8, 4) is 17.2 Å². The van der Waals surface area contributed by atoms with E-state index in [-0.39, 0.29) is 0 Å². The van der Waals surface area contributed by atoms with Crippen LogP contribution < -0.4 is 5.73 Å². The Hall–Kier alpha value is -2.27. The van der Waals surface area contributed by atoms with Crippen molar-refractivity contribution >= 4 is 5.69 Å². The standard InChI is InChI=1S/C15H14N2/c1-10-8-14(17)13(9-16)15(11(10)2)12-6-4-3-5-7-12/h3-8H,17H2,1-2H3. The fourth-order valence-electron chi connectivity index (χ4n) is 2.03. The highest BCUT2D eigenvalue weighted by molar-refractivity contribution is 5.80. The molecule has 2 N–H and O–H groups in total. The molecule has 0 spiro atoms. The second kappa shape index (κ2) is 4.31. The topological polar surface area (TPSA) is 49.8 Å². The minimum Gasteiger partial charge on any atom is -0.398 e. The zero-order chi connectivity index (χ0) is 12.4. The van der Waals surface area contributed by atoms with Crippen LogP contribution in [0.2, 0.25) is 0 Å². The number of rotatable bonds is 1. The molecule has 2 aromatic rings. The average Bonchev–Trinajstić information content (AvgIpc) is 2.34. The number of aryl methyl sites for hydroxylation is 1. The molecule has 0 saturated carbocycles. The molecule has 2 heteroatoms. The lowest BCUT2D eigenvalue weighted by molar-refractivity contribution is 1.32. The van der Waals surface area contributed by atoms with E-state index in [1.54, 1.807) is 0 Å². The highest BCUT2D eigenvalue weighted by atomic mass is 14.6. The van der Waals surface area contributed by atoms with Gasteiger partial charge in [-0.2, -0.15) is 5.26 Å². The van der Waals surface area contributed by atoms with E-state index in [2.05, 4.69) is 6.07 Å². The summed E-state index contributed by atoms with van der Waals surface area (Å²) in [5, 5.41) is 9.25. The second-order valence-corrected chi connectivity index (χ2v) is 4.14. The van der Waals surface area contributed by atoms with Crippen LogP contribution in [0.15, 0.2) is 36.4 Å². The molecule has 2 rings (SSSR count). The number of benzene rings is 2. The Morgan fingerprint density at radius 2 is 1.76 bits per heavy atom. The first-order valence-electron chi connectivity index (χ1n) is 5.50. The lowest BCUT2D eigenvalue weighted by atomic mass is 9.91. The molecule has 0 radical (unpaired) electrons. The second-order valence-electron chi connectivity index (χ2n) is 4.14. The lowest BCUT2D eigenvalue weighted by Gasteiger charge is -2.13. The van der Waals surface area contributed by atoms with Gasteiger partial charge < -0.3 is 5.73 Å². The van der Waals surface area contributed by atoms with E-state index in [0.29, 0.717) is 11.3 Å². The van der Waals surface area contributed by atoms with Gasteiger partial charge in [-0.05, 0) is 36.6 Å². The molecule has 84 valence electrons. The predicted molar refractivity (Wildman–Crippen MR) is 70.5 cm³/mol. The third-order valence-electron chi connectivity index (χ3n) is 3.05. The molecule has 0 fully saturated rings. The minimum absolute atomic E-state index is 0.550. The summed E-state index contributed by atoms with van der Waals surface area (Å²) < 4.78 is 0. The highest BCUT2D eigenvalue weighted by Gasteiger charge is 2.13. The first-order valence-corrected chi connectivity index (χ1v) is 5.50. The molecule has 0 aliphatic heterocycles. The number of nitrogens with zero attached hydrogens (tertiary/aromatic N) is 1. The molecule has 2 nitrogen and oxygen atoms in total. The van der Waals surface area contributed by atoms with Gasteiger partial charge in [-0.15, -0.1) is 0 Å². The van der Waals surface area contributed by atoms with Gasteiger partial charge in [-0.3, -0.25) is 0 Å². The van der Waals surface area contributed by atoms with Crippen LogP contribution in [0.4, 0.5) is 5.69 Å². The van der Waals surface area contributed by atoms with Crippen LogP contribution in [-0.2, 0) is 0 Å². The zero-order valence-corrected chi connectivity index (χ0v) is 9.99. The Bertz CT molecular complexity index is 593. The highest BCUT2D eigenvalue weighted by Crippen LogP contribution is 2.32. The van der Waals surface area contributed by atoms with Crippen LogP contribution in [-0.4, -0.2) is 0 Å². The minimum atomic E-state index is 0.550. The van der Waals surface area contributed by atoms with Gasteiger partial charge in [0.2, 0.25) is 0 Å². The third-order valence-corrected chi connectivity index (χ3v) is 3.05. The number of hydrogen-bond acceptors (Lipinski definition) is 2. The van der Waals surface area contributed by atoms with Crippen molar-refractivity contribution in [1.29, 1.82) is 5.26 Å². The Kier molecular flexibility index (Phi) is 2.84.